The predicted octanol–water partition coefficient (Wildman–Crippen LogP) is 5.47. The van der Waals surface area contributed by atoms with Crippen molar-refractivity contribution >= 4 is 41.1 Å². The summed E-state index contributed by atoms with van der Waals surface area (Å²) in [5.41, 5.74) is -0.0345. The third kappa shape index (κ3) is 4.80. The third-order valence-corrected chi connectivity index (χ3v) is 6.68. The fourth-order valence-corrected chi connectivity index (χ4v) is 4.66. The summed E-state index contributed by atoms with van der Waals surface area (Å²) in [6.45, 7) is 6.96. The Kier molecular flexibility index (Phi) is 6.64. The molecule has 2 fully saturated rings. The molecular formula is C23H30Cl2N2O2. The van der Waals surface area contributed by atoms with E-state index in [0.29, 0.717) is 23.0 Å². The molecule has 1 aromatic rings. The number of amides is 2. The normalized spacial score (nSPS) is 20.4. The molecule has 2 amide bonds. The fraction of sp³-hybridized carbons (Fsp3) is 0.565. The summed E-state index contributed by atoms with van der Waals surface area (Å²) >= 11 is 12.3. The van der Waals surface area contributed by atoms with Gasteiger partial charge >= 0.3 is 0 Å². The van der Waals surface area contributed by atoms with Crippen LogP contribution in [0.25, 0.3) is 6.08 Å². The van der Waals surface area contributed by atoms with Crippen LogP contribution >= 0.6 is 23.2 Å². The van der Waals surface area contributed by atoms with E-state index in [9.17, 15) is 9.59 Å². The first-order chi connectivity index (χ1) is 13.6. The Morgan fingerprint density at radius 3 is 2.41 bits per heavy atom. The molecule has 3 rings (SSSR count). The van der Waals surface area contributed by atoms with Crippen molar-refractivity contribution in [3.05, 3.63) is 39.9 Å². The summed E-state index contributed by atoms with van der Waals surface area (Å²) in [6, 6.07) is 5.17. The standard InChI is InChI=1S/C23H30Cl2N2O2/c1-22(2,3)19(10-8-16-7-9-17(24)15-18(16)25)26-21(29)23(12-5-4-6-13-23)27-14-11-20(27)28/h7-10,15,19H,4-6,11-14H2,1-3H3,(H,26,29). The molecule has 0 radical (unpaired) electrons. The van der Waals surface area contributed by atoms with Crippen molar-refractivity contribution < 1.29 is 9.59 Å². The molecular weight excluding hydrogens is 407 g/mol. The van der Waals surface area contributed by atoms with Crippen LogP contribution in [0.3, 0.4) is 0 Å². The van der Waals surface area contributed by atoms with Crippen LogP contribution in [0.1, 0.15) is 64.9 Å². The van der Waals surface area contributed by atoms with E-state index in [-0.39, 0.29) is 23.3 Å². The van der Waals surface area contributed by atoms with Crippen LogP contribution < -0.4 is 5.32 Å². The van der Waals surface area contributed by atoms with Gasteiger partial charge in [0.2, 0.25) is 11.8 Å². The first-order valence-electron chi connectivity index (χ1n) is 10.4. The lowest BCUT2D eigenvalue weighted by Gasteiger charge is -2.50. The zero-order valence-electron chi connectivity index (χ0n) is 17.4. The molecule has 1 atom stereocenters. The summed E-state index contributed by atoms with van der Waals surface area (Å²) in [4.78, 5) is 27.5. The van der Waals surface area contributed by atoms with E-state index >= 15 is 0 Å². The quantitative estimate of drug-likeness (QED) is 0.621. The number of hydrogen-bond acceptors (Lipinski definition) is 2. The number of carbonyl (C=O) groups is 2. The SMILES string of the molecule is CC(C)(C)C(C=Cc1ccc(Cl)cc1Cl)NC(=O)C1(N2CCC2=O)CCCCC1. The van der Waals surface area contributed by atoms with Gasteiger partial charge in [-0.25, -0.2) is 0 Å². The Labute approximate surface area is 183 Å². The van der Waals surface area contributed by atoms with Gasteiger partial charge in [0.05, 0.1) is 6.04 Å². The summed E-state index contributed by atoms with van der Waals surface area (Å²) in [5, 5.41) is 4.41. The van der Waals surface area contributed by atoms with Crippen molar-refractivity contribution in [3.63, 3.8) is 0 Å². The maximum Gasteiger partial charge on any atom is 0.246 e. The Hall–Kier alpha value is -1.52. The zero-order valence-corrected chi connectivity index (χ0v) is 18.9. The van der Waals surface area contributed by atoms with Crippen molar-refractivity contribution in [2.24, 2.45) is 5.41 Å². The number of likely N-dealkylation sites (tertiary alicyclic amines) is 1. The number of benzene rings is 1. The molecule has 1 unspecified atom stereocenters. The molecule has 1 saturated heterocycles. The molecule has 4 nitrogen and oxygen atoms in total. The van der Waals surface area contributed by atoms with E-state index in [1.165, 1.54) is 0 Å². The Bertz CT molecular complexity index is 808. The number of halogens is 2. The molecule has 1 aliphatic heterocycles. The molecule has 29 heavy (non-hydrogen) atoms. The Morgan fingerprint density at radius 1 is 1.21 bits per heavy atom. The molecule has 1 heterocycles. The van der Waals surface area contributed by atoms with Crippen LogP contribution in [0, 0.1) is 5.41 Å². The van der Waals surface area contributed by atoms with Gasteiger partial charge in [-0.15, -0.1) is 0 Å². The van der Waals surface area contributed by atoms with E-state index in [1.807, 2.05) is 18.2 Å². The summed E-state index contributed by atoms with van der Waals surface area (Å²) in [7, 11) is 0. The molecule has 2 aliphatic rings. The molecule has 6 heteroatoms. The second-order valence-corrected chi connectivity index (χ2v) is 10.1. The number of nitrogens with one attached hydrogen (secondary N) is 1. The number of hydrogen-bond donors (Lipinski definition) is 1. The zero-order chi connectivity index (χ0) is 21.2. The highest BCUT2D eigenvalue weighted by molar-refractivity contribution is 6.35. The maximum atomic E-state index is 13.5. The number of β-lactam (4-membered cyclic amide) rings is 1. The lowest BCUT2D eigenvalue weighted by Crippen LogP contribution is -2.67. The number of carbonyl (C=O) groups excluding carboxylic acids is 2. The molecule has 1 aliphatic carbocycles. The van der Waals surface area contributed by atoms with Gasteiger partial charge in [0.15, 0.2) is 0 Å². The highest BCUT2D eigenvalue weighted by Crippen LogP contribution is 2.38. The minimum Gasteiger partial charge on any atom is -0.347 e. The van der Waals surface area contributed by atoms with Crippen LogP contribution in [0.5, 0.6) is 0 Å². The van der Waals surface area contributed by atoms with Gasteiger partial charge < -0.3 is 10.2 Å². The van der Waals surface area contributed by atoms with Crippen molar-refractivity contribution in [1.29, 1.82) is 0 Å². The van der Waals surface area contributed by atoms with E-state index in [2.05, 4.69) is 26.1 Å². The summed E-state index contributed by atoms with van der Waals surface area (Å²) in [6.07, 6.45) is 9.03. The van der Waals surface area contributed by atoms with Gasteiger partial charge in [-0.2, -0.15) is 0 Å². The topological polar surface area (TPSA) is 49.4 Å². The molecule has 1 aromatic carbocycles. The van der Waals surface area contributed by atoms with Crippen LogP contribution in [0.15, 0.2) is 24.3 Å². The lowest BCUT2D eigenvalue weighted by atomic mass is 9.76. The van der Waals surface area contributed by atoms with Crippen molar-refractivity contribution in [3.8, 4) is 0 Å². The minimum absolute atomic E-state index is 0.0305. The largest absolute Gasteiger partial charge is 0.347 e. The predicted molar refractivity (Wildman–Crippen MR) is 119 cm³/mol. The first kappa shape index (κ1) is 22.2. The second kappa shape index (κ2) is 8.69. The molecule has 1 saturated carbocycles. The summed E-state index contributed by atoms with van der Waals surface area (Å²) in [5.74, 6) is 0.0647. The molecule has 0 bridgehead atoms. The van der Waals surface area contributed by atoms with Crippen LogP contribution in [-0.4, -0.2) is 34.8 Å². The van der Waals surface area contributed by atoms with Crippen LogP contribution in [0.2, 0.25) is 10.0 Å². The van der Waals surface area contributed by atoms with Crippen LogP contribution in [-0.2, 0) is 9.59 Å². The van der Waals surface area contributed by atoms with Gasteiger partial charge in [0.1, 0.15) is 5.54 Å². The van der Waals surface area contributed by atoms with Crippen LogP contribution in [0.4, 0.5) is 0 Å². The van der Waals surface area contributed by atoms with E-state index < -0.39 is 5.54 Å². The molecule has 0 spiro atoms. The highest BCUT2D eigenvalue weighted by atomic mass is 35.5. The first-order valence-corrected chi connectivity index (χ1v) is 11.1. The van der Waals surface area contributed by atoms with Crippen molar-refractivity contribution in [2.45, 2.75) is 70.9 Å². The minimum atomic E-state index is -0.692. The van der Waals surface area contributed by atoms with E-state index in [1.54, 1.807) is 17.0 Å². The Morgan fingerprint density at radius 2 is 1.90 bits per heavy atom. The average molecular weight is 437 g/mol. The smallest absolute Gasteiger partial charge is 0.246 e. The number of nitrogens with zero attached hydrogens (tertiary/aromatic N) is 1. The van der Waals surface area contributed by atoms with E-state index in [4.69, 9.17) is 23.2 Å². The van der Waals surface area contributed by atoms with Gasteiger partial charge in [0, 0.05) is 23.0 Å². The monoisotopic (exact) mass is 436 g/mol. The van der Waals surface area contributed by atoms with E-state index in [0.717, 1.165) is 37.7 Å². The lowest BCUT2D eigenvalue weighted by molar-refractivity contribution is -0.160. The van der Waals surface area contributed by atoms with Gasteiger partial charge in [-0.3, -0.25) is 9.59 Å². The Balaban J connectivity index is 1.83. The number of rotatable bonds is 5. The fourth-order valence-electron chi connectivity index (χ4n) is 4.19. The third-order valence-electron chi connectivity index (χ3n) is 6.12. The second-order valence-electron chi connectivity index (χ2n) is 9.23. The molecule has 0 aromatic heterocycles. The maximum absolute atomic E-state index is 13.5. The van der Waals surface area contributed by atoms with Gasteiger partial charge in [-0.05, 0) is 36.0 Å². The molecule has 1 N–H and O–H groups in total. The summed E-state index contributed by atoms with van der Waals surface area (Å²) < 4.78 is 0. The van der Waals surface area contributed by atoms with Gasteiger partial charge in [0.25, 0.3) is 0 Å². The van der Waals surface area contributed by atoms with Gasteiger partial charge in [-0.1, -0.05) is 81.5 Å². The molecule has 158 valence electrons. The van der Waals surface area contributed by atoms with Crippen molar-refractivity contribution in [1.82, 2.24) is 10.2 Å². The highest BCUT2D eigenvalue weighted by Gasteiger charge is 2.50. The van der Waals surface area contributed by atoms with Crippen molar-refractivity contribution in [2.75, 3.05) is 6.54 Å². The average Bonchev–Trinajstić information content (AvgIpc) is 2.64.